The number of hydrogen-bond acceptors (Lipinski definition) is 2. The maximum absolute atomic E-state index is 5.76. The highest BCUT2D eigenvalue weighted by Crippen LogP contribution is 2.16. The first-order chi connectivity index (χ1) is 10.9. The summed E-state index contributed by atoms with van der Waals surface area (Å²) in [7, 11) is 0. The number of ether oxygens (including phenoxy) is 1. The van der Waals surface area contributed by atoms with Crippen LogP contribution in [0, 0.1) is 0 Å². The molecule has 0 spiro atoms. The van der Waals surface area contributed by atoms with Gasteiger partial charge in [-0.25, -0.2) is 0 Å². The lowest BCUT2D eigenvalue weighted by molar-refractivity contribution is 0.305. The monoisotopic (exact) mass is 305 g/mol. The van der Waals surface area contributed by atoms with Crippen LogP contribution in [0.3, 0.4) is 0 Å². The third-order valence-electron chi connectivity index (χ3n) is 3.98. The van der Waals surface area contributed by atoms with E-state index in [1.807, 2.05) is 0 Å². The van der Waals surface area contributed by atoms with Crippen molar-refractivity contribution in [1.29, 1.82) is 0 Å². The number of rotatable bonds is 14. The fourth-order valence-electron chi connectivity index (χ4n) is 2.53. The molecular weight excluding hydrogens is 270 g/mol. The van der Waals surface area contributed by atoms with Gasteiger partial charge in [0.05, 0.1) is 6.61 Å². The largest absolute Gasteiger partial charge is 0.494 e. The van der Waals surface area contributed by atoms with Gasteiger partial charge in [-0.3, -0.25) is 0 Å². The van der Waals surface area contributed by atoms with Crippen LogP contribution in [0.25, 0.3) is 0 Å². The molecule has 126 valence electrons. The molecule has 1 rings (SSSR count). The minimum Gasteiger partial charge on any atom is -0.494 e. The van der Waals surface area contributed by atoms with Crippen molar-refractivity contribution in [2.45, 2.75) is 78.1 Å². The van der Waals surface area contributed by atoms with E-state index in [1.165, 1.54) is 63.5 Å². The lowest BCUT2D eigenvalue weighted by Gasteiger charge is -2.09. The topological polar surface area (TPSA) is 21.3 Å². The Balaban J connectivity index is 2.06. The Morgan fingerprint density at radius 1 is 0.727 bits per heavy atom. The van der Waals surface area contributed by atoms with E-state index in [0.29, 0.717) is 0 Å². The van der Waals surface area contributed by atoms with Crippen LogP contribution in [0.2, 0.25) is 0 Å². The van der Waals surface area contributed by atoms with Gasteiger partial charge < -0.3 is 10.1 Å². The normalized spacial score (nSPS) is 10.6. The van der Waals surface area contributed by atoms with E-state index in [4.69, 9.17) is 4.74 Å². The molecule has 0 unspecified atom stereocenters. The first kappa shape index (κ1) is 18.9. The fourth-order valence-corrected chi connectivity index (χ4v) is 2.53. The molecule has 0 heterocycles. The molecule has 0 saturated carbocycles. The maximum atomic E-state index is 5.76. The number of unbranched alkanes of at least 4 members (excludes halogenated alkanes) is 8. The van der Waals surface area contributed by atoms with Gasteiger partial charge in [0.2, 0.25) is 0 Å². The fraction of sp³-hybridized carbons (Fsp3) is 0.700. The van der Waals surface area contributed by atoms with Crippen molar-refractivity contribution in [2.75, 3.05) is 18.5 Å². The quantitative estimate of drug-likeness (QED) is 0.400. The second-order valence-corrected chi connectivity index (χ2v) is 6.13. The highest BCUT2D eigenvalue weighted by Gasteiger charge is 1.96. The summed E-state index contributed by atoms with van der Waals surface area (Å²) in [5.74, 6) is 0.988. The van der Waals surface area contributed by atoms with Crippen LogP contribution in [0.4, 0.5) is 5.69 Å². The first-order valence-corrected chi connectivity index (χ1v) is 9.33. The zero-order valence-corrected chi connectivity index (χ0v) is 14.7. The van der Waals surface area contributed by atoms with Gasteiger partial charge in [-0.2, -0.15) is 0 Å². The van der Waals surface area contributed by atoms with Gasteiger partial charge in [-0.05, 0) is 37.1 Å². The van der Waals surface area contributed by atoms with Gasteiger partial charge in [0.25, 0.3) is 0 Å². The molecule has 1 aromatic carbocycles. The number of nitrogens with one attached hydrogen (secondary N) is 1. The van der Waals surface area contributed by atoms with Gasteiger partial charge in [0.15, 0.2) is 0 Å². The Kier molecular flexibility index (Phi) is 11.6. The van der Waals surface area contributed by atoms with Crippen molar-refractivity contribution in [2.24, 2.45) is 0 Å². The average Bonchev–Trinajstić information content (AvgIpc) is 2.55. The molecule has 0 aromatic heterocycles. The van der Waals surface area contributed by atoms with Gasteiger partial charge in [-0.1, -0.05) is 65.2 Å². The summed E-state index contributed by atoms with van der Waals surface area (Å²) < 4.78 is 5.76. The minimum atomic E-state index is 0.838. The average molecular weight is 306 g/mol. The van der Waals surface area contributed by atoms with Crippen LogP contribution >= 0.6 is 0 Å². The summed E-state index contributed by atoms with van der Waals surface area (Å²) in [6.45, 7) is 6.41. The lowest BCUT2D eigenvalue weighted by atomic mass is 10.1. The lowest BCUT2D eigenvalue weighted by Crippen LogP contribution is -2.01. The van der Waals surface area contributed by atoms with Gasteiger partial charge >= 0.3 is 0 Å². The molecule has 1 aromatic rings. The Labute approximate surface area is 137 Å². The smallest absolute Gasteiger partial charge is 0.119 e. The minimum absolute atomic E-state index is 0.838. The van der Waals surface area contributed by atoms with E-state index < -0.39 is 0 Å². The SMILES string of the molecule is CCCCCCCCNc1ccc(OCCCCCC)cc1. The zero-order valence-electron chi connectivity index (χ0n) is 14.7. The van der Waals surface area contributed by atoms with E-state index >= 15 is 0 Å². The van der Waals surface area contributed by atoms with E-state index in [0.717, 1.165) is 25.3 Å². The molecule has 0 bridgehead atoms. The van der Waals surface area contributed by atoms with Crippen LogP contribution in [0.1, 0.15) is 78.1 Å². The van der Waals surface area contributed by atoms with E-state index in [1.54, 1.807) is 0 Å². The van der Waals surface area contributed by atoms with Crippen molar-refractivity contribution in [1.82, 2.24) is 0 Å². The molecule has 2 heteroatoms. The molecule has 22 heavy (non-hydrogen) atoms. The van der Waals surface area contributed by atoms with Crippen molar-refractivity contribution in [3.63, 3.8) is 0 Å². The third-order valence-corrected chi connectivity index (χ3v) is 3.98. The zero-order chi connectivity index (χ0) is 15.9. The summed E-state index contributed by atoms with van der Waals surface area (Å²) in [6.07, 6.45) is 13.1. The molecule has 0 aliphatic rings. The van der Waals surface area contributed by atoms with E-state index in [-0.39, 0.29) is 0 Å². The van der Waals surface area contributed by atoms with Gasteiger partial charge in [0, 0.05) is 12.2 Å². The highest BCUT2D eigenvalue weighted by atomic mass is 16.5. The molecular formula is C20H35NO. The van der Waals surface area contributed by atoms with E-state index in [2.05, 4.69) is 43.4 Å². The van der Waals surface area contributed by atoms with Crippen molar-refractivity contribution in [3.8, 4) is 5.75 Å². The summed E-state index contributed by atoms with van der Waals surface area (Å²) in [4.78, 5) is 0. The van der Waals surface area contributed by atoms with Crippen molar-refractivity contribution in [3.05, 3.63) is 24.3 Å². The predicted molar refractivity (Wildman–Crippen MR) is 97.9 cm³/mol. The summed E-state index contributed by atoms with van der Waals surface area (Å²) >= 11 is 0. The molecule has 0 aliphatic carbocycles. The Morgan fingerprint density at radius 3 is 2.00 bits per heavy atom. The molecule has 2 nitrogen and oxygen atoms in total. The molecule has 0 aliphatic heterocycles. The van der Waals surface area contributed by atoms with Gasteiger partial charge in [-0.15, -0.1) is 0 Å². The highest BCUT2D eigenvalue weighted by molar-refractivity contribution is 5.46. The van der Waals surface area contributed by atoms with E-state index in [9.17, 15) is 0 Å². The Morgan fingerprint density at radius 2 is 1.32 bits per heavy atom. The molecule has 1 N–H and O–H groups in total. The molecule has 0 amide bonds. The number of hydrogen-bond donors (Lipinski definition) is 1. The van der Waals surface area contributed by atoms with Crippen molar-refractivity contribution >= 4 is 5.69 Å². The first-order valence-electron chi connectivity index (χ1n) is 9.33. The maximum Gasteiger partial charge on any atom is 0.119 e. The van der Waals surface area contributed by atoms with Crippen LogP contribution in [0.5, 0.6) is 5.75 Å². The van der Waals surface area contributed by atoms with Crippen LogP contribution in [0.15, 0.2) is 24.3 Å². The number of benzene rings is 1. The Bertz CT molecular complexity index is 347. The predicted octanol–water partition coefficient (Wildman–Crippen LogP) is 6.42. The molecule has 0 radical (unpaired) electrons. The van der Waals surface area contributed by atoms with Crippen LogP contribution < -0.4 is 10.1 Å². The van der Waals surface area contributed by atoms with Crippen molar-refractivity contribution < 1.29 is 4.74 Å². The molecule has 0 fully saturated rings. The summed E-state index contributed by atoms with van der Waals surface area (Å²) in [5.41, 5.74) is 1.20. The summed E-state index contributed by atoms with van der Waals surface area (Å²) in [6, 6.07) is 8.39. The molecule has 0 atom stereocenters. The third kappa shape index (κ3) is 9.70. The second kappa shape index (κ2) is 13.5. The standard InChI is InChI=1S/C20H35NO/c1-3-5-7-9-10-11-17-21-19-13-15-20(16-14-19)22-18-12-8-6-4-2/h13-16,21H,3-12,17-18H2,1-2H3. The molecule has 0 saturated heterocycles. The number of anilines is 1. The Hall–Kier alpha value is -1.18. The van der Waals surface area contributed by atoms with Crippen LogP contribution in [-0.2, 0) is 0 Å². The second-order valence-electron chi connectivity index (χ2n) is 6.13. The summed E-state index contributed by atoms with van der Waals surface area (Å²) in [5, 5.41) is 3.49. The van der Waals surface area contributed by atoms with Crippen LogP contribution in [-0.4, -0.2) is 13.2 Å². The van der Waals surface area contributed by atoms with Gasteiger partial charge in [0.1, 0.15) is 5.75 Å².